The van der Waals surface area contributed by atoms with Gasteiger partial charge in [0.2, 0.25) is 5.89 Å². The van der Waals surface area contributed by atoms with Gasteiger partial charge in [-0.15, -0.1) is 11.8 Å². The van der Waals surface area contributed by atoms with Gasteiger partial charge in [-0.1, -0.05) is 37.3 Å². The van der Waals surface area contributed by atoms with Crippen molar-refractivity contribution in [3.05, 3.63) is 11.7 Å². The molecule has 0 radical (unpaired) electrons. The number of hydrogen-bond donors (Lipinski definition) is 1. The number of aromatic nitrogens is 2. The van der Waals surface area contributed by atoms with Crippen LogP contribution in [0.2, 0.25) is 0 Å². The third-order valence-electron chi connectivity index (χ3n) is 3.41. The third kappa shape index (κ3) is 4.86. The van der Waals surface area contributed by atoms with Crippen molar-refractivity contribution < 1.29 is 14.4 Å². The Labute approximate surface area is 117 Å². The molecule has 1 aromatic rings. The summed E-state index contributed by atoms with van der Waals surface area (Å²) in [5, 5.41) is 12.6. The normalized spacial score (nSPS) is 17.9. The molecule has 1 aliphatic rings. The van der Waals surface area contributed by atoms with Crippen molar-refractivity contribution in [1.82, 2.24) is 10.1 Å². The Bertz CT molecular complexity index is 400. The van der Waals surface area contributed by atoms with Crippen molar-refractivity contribution in [1.29, 1.82) is 0 Å². The summed E-state index contributed by atoms with van der Waals surface area (Å²) in [5.41, 5.74) is 0. The minimum absolute atomic E-state index is 0.0706. The Kier molecular flexibility index (Phi) is 5.69. The topological polar surface area (TPSA) is 76.2 Å². The molecule has 0 saturated heterocycles. The molecule has 0 atom stereocenters. The minimum atomic E-state index is -0.815. The Balaban J connectivity index is 1.85. The zero-order chi connectivity index (χ0) is 13.5. The van der Waals surface area contributed by atoms with Crippen LogP contribution in [0.25, 0.3) is 0 Å². The fraction of sp³-hybridized carbons (Fsp3) is 0.769. The van der Waals surface area contributed by atoms with Crippen LogP contribution >= 0.6 is 11.8 Å². The first-order valence-corrected chi connectivity index (χ1v) is 8.03. The lowest BCUT2D eigenvalue weighted by Crippen LogP contribution is -2.04. The van der Waals surface area contributed by atoms with Gasteiger partial charge in [0.15, 0.2) is 5.82 Å². The van der Waals surface area contributed by atoms with Gasteiger partial charge in [-0.25, -0.2) is 0 Å². The summed E-state index contributed by atoms with van der Waals surface area (Å²) >= 11 is 1.29. The molecule has 1 aliphatic carbocycles. The van der Waals surface area contributed by atoms with E-state index in [9.17, 15) is 4.79 Å². The summed E-state index contributed by atoms with van der Waals surface area (Å²) in [6.07, 6.45) is 8.70. The SMILES string of the molecule is O=C(O)CSCc1nc(C2CCCCCCC2)no1. The van der Waals surface area contributed by atoms with E-state index in [4.69, 9.17) is 9.63 Å². The zero-order valence-corrected chi connectivity index (χ0v) is 11.8. The van der Waals surface area contributed by atoms with Gasteiger partial charge in [0.1, 0.15) is 0 Å². The van der Waals surface area contributed by atoms with Gasteiger partial charge in [-0.2, -0.15) is 4.98 Å². The Morgan fingerprint density at radius 3 is 2.63 bits per heavy atom. The summed E-state index contributed by atoms with van der Waals surface area (Å²) in [5.74, 6) is 1.51. The molecule has 19 heavy (non-hydrogen) atoms. The maximum atomic E-state index is 10.4. The molecule has 5 nitrogen and oxygen atoms in total. The minimum Gasteiger partial charge on any atom is -0.481 e. The van der Waals surface area contributed by atoms with Crippen molar-refractivity contribution in [2.24, 2.45) is 0 Å². The van der Waals surface area contributed by atoms with E-state index in [1.165, 1.54) is 43.9 Å². The first-order valence-electron chi connectivity index (χ1n) is 6.87. The molecule has 0 spiro atoms. The lowest BCUT2D eigenvalue weighted by molar-refractivity contribution is -0.133. The highest BCUT2D eigenvalue weighted by atomic mass is 32.2. The summed E-state index contributed by atoms with van der Waals surface area (Å²) < 4.78 is 5.20. The maximum absolute atomic E-state index is 10.4. The molecular formula is C13H20N2O3S. The lowest BCUT2D eigenvalue weighted by Gasteiger charge is -2.15. The van der Waals surface area contributed by atoms with Crippen LogP contribution in [0.1, 0.15) is 62.6 Å². The van der Waals surface area contributed by atoms with Gasteiger partial charge in [0, 0.05) is 5.92 Å². The highest BCUT2D eigenvalue weighted by molar-refractivity contribution is 7.99. The van der Waals surface area contributed by atoms with Crippen molar-refractivity contribution in [3.63, 3.8) is 0 Å². The van der Waals surface area contributed by atoms with E-state index in [0.717, 1.165) is 18.7 Å². The summed E-state index contributed by atoms with van der Waals surface area (Å²) in [4.78, 5) is 14.8. The molecule has 0 amide bonds. The number of aliphatic carboxylic acids is 1. The molecule has 2 rings (SSSR count). The van der Waals surface area contributed by atoms with Gasteiger partial charge in [0.05, 0.1) is 11.5 Å². The third-order valence-corrected chi connectivity index (χ3v) is 4.31. The van der Waals surface area contributed by atoms with Crippen molar-refractivity contribution in [2.75, 3.05) is 5.75 Å². The van der Waals surface area contributed by atoms with E-state index in [2.05, 4.69) is 10.1 Å². The standard InChI is InChI=1S/C13H20N2O3S/c16-12(17)9-19-8-11-14-13(15-18-11)10-6-4-2-1-3-5-7-10/h10H,1-9H2,(H,16,17). The first-order chi connectivity index (χ1) is 9.25. The summed E-state index contributed by atoms with van der Waals surface area (Å²) in [6, 6.07) is 0. The Hall–Kier alpha value is -1.04. The first kappa shape index (κ1) is 14.4. The van der Waals surface area contributed by atoms with E-state index in [0.29, 0.717) is 17.6 Å². The zero-order valence-electron chi connectivity index (χ0n) is 11.0. The van der Waals surface area contributed by atoms with Gasteiger partial charge in [-0.3, -0.25) is 4.79 Å². The number of rotatable bonds is 5. The second kappa shape index (κ2) is 7.53. The van der Waals surface area contributed by atoms with Crippen LogP contribution < -0.4 is 0 Å². The second-order valence-electron chi connectivity index (χ2n) is 4.97. The number of hydrogen-bond acceptors (Lipinski definition) is 5. The molecule has 0 aliphatic heterocycles. The lowest BCUT2D eigenvalue weighted by atomic mass is 9.91. The summed E-state index contributed by atoms with van der Waals surface area (Å²) in [7, 11) is 0. The molecular weight excluding hydrogens is 264 g/mol. The quantitative estimate of drug-likeness (QED) is 0.894. The van der Waals surface area contributed by atoms with Gasteiger partial charge >= 0.3 is 5.97 Å². The fourth-order valence-corrected chi connectivity index (χ4v) is 3.00. The molecule has 0 aromatic carbocycles. The smallest absolute Gasteiger partial charge is 0.313 e. The number of carbonyl (C=O) groups is 1. The predicted octanol–water partition coefficient (Wildman–Crippen LogP) is 3.22. The molecule has 1 fully saturated rings. The molecule has 106 valence electrons. The van der Waals surface area contributed by atoms with Gasteiger partial charge in [-0.05, 0) is 12.8 Å². The average Bonchev–Trinajstić information content (AvgIpc) is 2.76. The van der Waals surface area contributed by atoms with Crippen LogP contribution in [0.15, 0.2) is 4.52 Å². The Morgan fingerprint density at radius 2 is 1.95 bits per heavy atom. The molecule has 1 N–H and O–H groups in total. The van der Waals surface area contributed by atoms with Crippen LogP contribution in [-0.2, 0) is 10.5 Å². The molecule has 0 unspecified atom stereocenters. The van der Waals surface area contributed by atoms with E-state index >= 15 is 0 Å². The highest BCUT2D eigenvalue weighted by Crippen LogP contribution is 2.29. The van der Waals surface area contributed by atoms with Crippen LogP contribution in [0.5, 0.6) is 0 Å². The van der Waals surface area contributed by atoms with E-state index in [1.54, 1.807) is 0 Å². The van der Waals surface area contributed by atoms with E-state index in [1.807, 2.05) is 0 Å². The number of carboxylic acids is 1. The molecule has 1 saturated carbocycles. The number of carboxylic acid groups (broad SMARTS) is 1. The number of nitrogens with zero attached hydrogens (tertiary/aromatic N) is 2. The highest BCUT2D eigenvalue weighted by Gasteiger charge is 2.19. The largest absolute Gasteiger partial charge is 0.481 e. The summed E-state index contributed by atoms with van der Waals surface area (Å²) in [6.45, 7) is 0. The van der Waals surface area contributed by atoms with E-state index in [-0.39, 0.29) is 5.75 Å². The maximum Gasteiger partial charge on any atom is 0.313 e. The predicted molar refractivity (Wildman–Crippen MR) is 73.2 cm³/mol. The second-order valence-corrected chi connectivity index (χ2v) is 5.96. The average molecular weight is 284 g/mol. The van der Waals surface area contributed by atoms with Crippen LogP contribution in [0.3, 0.4) is 0 Å². The van der Waals surface area contributed by atoms with E-state index < -0.39 is 5.97 Å². The molecule has 6 heteroatoms. The molecule has 1 heterocycles. The van der Waals surface area contributed by atoms with Crippen LogP contribution in [0.4, 0.5) is 0 Å². The monoisotopic (exact) mass is 284 g/mol. The van der Waals surface area contributed by atoms with Crippen molar-refractivity contribution >= 4 is 17.7 Å². The molecule has 0 bridgehead atoms. The van der Waals surface area contributed by atoms with Crippen LogP contribution in [0, 0.1) is 0 Å². The number of thioether (sulfide) groups is 1. The van der Waals surface area contributed by atoms with Crippen LogP contribution in [-0.4, -0.2) is 27.0 Å². The van der Waals surface area contributed by atoms with Gasteiger partial charge < -0.3 is 9.63 Å². The molecule has 1 aromatic heterocycles. The van der Waals surface area contributed by atoms with Crippen molar-refractivity contribution in [2.45, 2.75) is 56.6 Å². The fourth-order valence-electron chi connectivity index (χ4n) is 2.43. The van der Waals surface area contributed by atoms with Gasteiger partial charge in [0.25, 0.3) is 0 Å². The van der Waals surface area contributed by atoms with Crippen molar-refractivity contribution in [3.8, 4) is 0 Å². The Morgan fingerprint density at radius 1 is 1.26 bits per heavy atom.